The second-order valence-electron chi connectivity index (χ2n) is 5.40. The molecule has 1 heterocycles. The van der Waals surface area contributed by atoms with Gasteiger partial charge in [-0.25, -0.2) is 4.79 Å². The van der Waals surface area contributed by atoms with E-state index in [1.54, 1.807) is 24.3 Å². The van der Waals surface area contributed by atoms with Gasteiger partial charge in [-0.05, 0) is 38.1 Å². The average molecular weight is 312 g/mol. The van der Waals surface area contributed by atoms with Gasteiger partial charge in [0.05, 0.1) is 12.2 Å². The lowest BCUT2D eigenvalue weighted by Gasteiger charge is -2.35. The minimum Gasteiger partial charge on any atom is -0.373 e. The molecule has 0 radical (unpaired) electrons. The van der Waals surface area contributed by atoms with Crippen molar-refractivity contribution >= 4 is 23.3 Å². The fraction of sp³-hybridized carbons (Fsp3) is 0.533. The molecule has 1 aromatic rings. The van der Waals surface area contributed by atoms with Crippen LogP contribution in [0.3, 0.4) is 0 Å². The summed E-state index contributed by atoms with van der Waals surface area (Å²) in [5.41, 5.74) is 0.727. The van der Waals surface area contributed by atoms with Crippen molar-refractivity contribution in [1.29, 1.82) is 0 Å². The molecule has 1 aliphatic rings. The number of rotatable bonds is 4. The molecule has 1 saturated heterocycles. The molecule has 1 fully saturated rings. The van der Waals surface area contributed by atoms with E-state index in [1.807, 2.05) is 0 Å². The highest BCUT2D eigenvalue weighted by molar-refractivity contribution is 6.30. The van der Waals surface area contributed by atoms with E-state index >= 15 is 0 Å². The molecule has 1 aliphatic heterocycles. The summed E-state index contributed by atoms with van der Waals surface area (Å²) in [7, 11) is 0. The SMILES string of the molecule is CC1CN(CCNC(=O)Nc2ccc(Cl)cc2)CC(C)O1. The largest absolute Gasteiger partial charge is 0.373 e. The van der Waals surface area contributed by atoms with Crippen molar-refractivity contribution in [2.24, 2.45) is 0 Å². The second-order valence-corrected chi connectivity index (χ2v) is 5.84. The Morgan fingerprint density at radius 3 is 2.52 bits per heavy atom. The van der Waals surface area contributed by atoms with E-state index in [0.29, 0.717) is 11.6 Å². The van der Waals surface area contributed by atoms with E-state index in [4.69, 9.17) is 16.3 Å². The second kappa shape index (κ2) is 7.64. The van der Waals surface area contributed by atoms with Crippen molar-refractivity contribution in [3.8, 4) is 0 Å². The van der Waals surface area contributed by atoms with Crippen LogP contribution in [0.4, 0.5) is 10.5 Å². The summed E-state index contributed by atoms with van der Waals surface area (Å²) in [5.74, 6) is 0. The monoisotopic (exact) mass is 311 g/mol. The third-order valence-corrected chi connectivity index (χ3v) is 3.56. The average Bonchev–Trinajstić information content (AvgIpc) is 2.40. The van der Waals surface area contributed by atoms with Crippen molar-refractivity contribution in [2.45, 2.75) is 26.1 Å². The standard InChI is InChI=1S/C15H22ClN3O2/c1-11-9-19(10-12(2)21-11)8-7-17-15(20)18-14-5-3-13(16)4-6-14/h3-6,11-12H,7-10H2,1-2H3,(H2,17,18,20). The number of carbonyl (C=O) groups excluding carboxylic acids is 1. The Morgan fingerprint density at radius 1 is 1.29 bits per heavy atom. The number of morpholine rings is 1. The van der Waals surface area contributed by atoms with Crippen LogP contribution in [0.1, 0.15) is 13.8 Å². The number of urea groups is 1. The number of anilines is 1. The van der Waals surface area contributed by atoms with Crippen LogP contribution in [-0.4, -0.2) is 49.3 Å². The first kappa shape index (κ1) is 16.1. The molecule has 0 aliphatic carbocycles. The van der Waals surface area contributed by atoms with E-state index in [0.717, 1.165) is 25.3 Å². The molecule has 2 atom stereocenters. The van der Waals surface area contributed by atoms with Crippen molar-refractivity contribution in [2.75, 3.05) is 31.5 Å². The first-order chi connectivity index (χ1) is 10.0. The number of nitrogens with one attached hydrogen (secondary N) is 2. The van der Waals surface area contributed by atoms with Gasteiger partial charge < -0.3 is 15.4 Å². The van der Waals surface area contributed by atoms with Crippen LogP contribution in [0.25, 0.3) is 0 Å². The zero-order valence-corrected chi connectivity index (χ0v) is 13.2. The minimum atomic E-state index is -0.202. The molecule has 2 unspecified atom stereocenters. The van der Waals surface area contributed by atoms with Gasteiger partial charge in [0.25, 0.3) is 0 Å². The number of nitrogens with zero attached hydrogens (tertiary/aromatic N) is 1. The number of hydrogen-bond donors (Lipinski definition) is 2. The normalized spacial score (nSPS) is 22.8. The van der Waals surface area contributed by atoms with E-state index in [2.05, 4.69) is 29.4 Å². The molecule has 1 aromatic carbocycles. The lowest BCUT2D eigenvalue weighted by molar-refractivity contribution is -0.0672. The quantitative estimate of drug-likeness (QED) is 0.898. The molecule has 116 valence electrons. The molecule has 5 nitrogen and oxygen atoms in total. The zero-order chi connectivity index (χ0) is 15.2. The van der Waals surface area contributed by atoms with Crippen LogP contribution < -0.4 is 10.6 Å². The summed E-state index contributed by atoms with van der Waals surface area (Å²) in [5, 5.41) is 6.28. The fourth-order valence-corrected chi connectivity index (χ4v) is 2.63. The molecular formula is C15H22ClN3O2. The summed E-state index contributed by atoms with van der Waals surface area (Å²) in [6.45, 7) is 7.40. The lowest BCUT2D eigenvalue weighted by Crippen LogP contribution is -2.48. The van der Waals surface area contributed by atoms with Gasteiger partial charge in [0.15, 0.2) is 0 Å². The summed E-state index contributed by atoms with van der Waals surface area (Å²) in [6.07, 6.45) is 0.494. The minimum absolute atomic E-state index is 0.202. The van der Waals surface area contributed by atoms with E-state index in [-0.39, 0.29) is 18.2 Å². The zero-order valence-electron chi connectivity index (χ0n) is 12.4. The Bertz CT molecular complexity index is 456. The topological polar surface area (TPSA) is 53.6 Å². The number of amides is 2. The summed E-state index contributed by atoms with van der Waals surface area (Å²) < 4.78 is 5.68. The molecule has 0 aromatic heterocycles. The van der Waals surface area contributed by atoms with Crippen LogP contribution in [-0.2, 0) is 4.74 Å². The maximum atomic E-state index is 11.8. The summed E-state index contributed by atoms with van der Waals surface area (Å²) in [4.78, 5) is 14.1. The Balaban J connectivity index is 1.68. The highest BCUT2D eigenvalue weighted by Gasteiger charge is 2.21. The number of carbonyl (C=O) groups is 1. The Kier molecular flexibility index (Phi) is 5.85. The molecule has 2 amide bonds. The third kappa shape index (κ3) is 5.53. The van der Waals surface area contributed by atoms with Crippen molar-refractivity contribution < 1.29 is 9.53 Å². The number of benzene rings is 1. The maximum absolute atomic E-state index is 11.8. The van der Waals surface area contributed by atoms with Gasteiger partial charge in [0.2, 0.25) is 0 Å². The fourth-order valence-electron chi connectivity index (χ4n) is 2.50. The molecule has 0 bridgehead atoms. The van der Waals surface area contributed by atoms with Crippen LogP contribution in [0, 0.1) is 0 Å². The summed E-state index contributed by atoms with van der Waals surface area (Å²) >= 11 is 5.80. The van der Waals surface area contributed by atoms with Crippen LogP contribution in [0.2, 0.25) is 5.02 Å². The van der Waals surface area contributed by atoms with Crippen molar-refractivity contribution in [3.63, 3.8) is 0 Å². The van der Waals surface area contributed by atoms with Crippen LogP contribution >= 0.6 is 11.6 Å². The van der Waals surface area contributed by atoms with Gasteiger partial charge in [-0.2, -0.15) is 0 Å². The first-order valence-electron chi connectivity index (χ1n) is 7.21. The third-order valence-electron chi connectivity index (χ3n) is 3.31. The number of ether oxygens (including phenoxy) is 1. The van der Waals surface area contributed by atoms with Gasteiger partial charge >= 0.3 is 6.03 Å². The molecule has 2 rings (SSSR count). The predicted molar refractivity (Wildman–Crippen MR) is 84.9 cm³/mol. The first-order valence-corrected chi connectivity index (χ1v) is 7.59. The van der Waals surface area contributed by atoms with Crippen molar-refractivity contribution in [3.05, 3.63) is 29.3 Å². The molecule has 21 heavy (non-hydrogen) atoms. The Hall–Kier alpha value is -1.30. The van der Waals surface area contributed by atoms with Crippen LogP contribution in [0.5, 0.6) is 0 Å². The highest BCUT2D eigenvalue weighted by Crippen LogP contribution is 2.13. The lowest BCUT2D eigenvalue weighted by atomic mass is 10.2. The highest BCUT2D eigenvalue weighted by atomic mass is 35.5. The van der Waals surface area contributed by atoms with Crippen molar-refractivity contribution in [1.82, 2.24) is 10.2 Å². The van der Waals surface area contributed by atoms with Gasteiger partial charge in [0, 0.05) is 36.9 Å². The van der Waals surface area contributed by atoms with Crippen LogP contribution in [0.15, 0.2) is 24.3 Å². The number of hydrogen-bond acceptors (Lipinski definition) is 3. The number of halogens is 1. The summed E-state index contributed by atoms with van der Waals surface area (Å²) in [6, 6.07) is 6.83. The molecule has 2 N–H and O–H groups in total. The molecular weight excluding hydrogens is 290 g/mol. The smallest absolute Gasteiger partial charge is 0.319 e. The van der Waals surface area contributed by atoms with Gasteiger partial charge in [-0.3, -0.25) is 4.90 Å². The van der Waals surface area contributed by atoms with E-state index in [1.165, 1.54) is 0 Å². The molecule has 0 saturated carbocycles. The Morgan fingerprint density at radius 2 is 1.90 bits per heavy atom. The maximum Gasteiger partial charge on any atom is 0.319 e. The Labute approximate surface area is 130 Å². The van der Waals surface area contributed by atoms with Gasteiger partial charge in [-0.1, -0.05) is 11.6 Å². The molecule has 6 heteroatoms. The van der Waals surface area contributed by atoms with Gasteiger partial charge in [-0.15, -0.1) is 0 Å². The molecule has 0 spiro atoms. The van der Waals surface area contributed by atoms with E-state index < -0.39 is 0 Å². The van der Waals surface area contributed by atoms with E-state index in [9.17, 15) is 4.79 Å². The van der Waals surface area contributed by atoms with Gasteiger partial charge in [0.1, 0.15) is 0 Å². The predicted octanol–water partition coefficient (Wildman–Crippen LogP) is 2.57.